The first-order valence-electron chi connectivity index (χ1n) is 9.68. The molecule has 2 fully saturated rings. The lowest BCUT2D eigenvalue weighted by atomic mass is 9.81. The summed E-state index contributed by atoms with van der Waals surface area (Å²) in [5.41, 5.74) is 0.608. The van der Waals surface area contributed by atoms with Gasteiger partial charge >= 0.3 is 0 Å². The van der Waals surface area contributed by atoms with E-state index in [1.807, 2.05) is 0 Å². The van der Waals surface area contributed by atoms with Crippen LogP contribution in [0, 0.1) is 11.8 Å². The quantitative estimate of drug-likeness (QED) is 0.820. The highest BCUT2D eigenvalue weighted by atomic mass is 16.5. The van der Waals surface area contributed by atoms with Crippen molar-refractivity contribution in [3.05, 3.63) is 18.2 Å². The van der Waals surface area contributed by atoms with Gasteiger partial charge in [-0.3, -0.25) is 19.3 Å². The molecule has 0 aromatic heterocycles. The standard InChI is InChI=1S/C20H24N2O5/c23-18(21-13-6-7-16-17(12-13)27-11-3-10-26-16)8-9-22-19(24)14-4-1-2-5-15(14)20(22)25/h6-7,12,14-15H,1-5,8-11H2,(H,21,23)/t14-,15-/m1/s1. The zero-order chi connectivity index (χ0) is 18.8. The molecule has 3 aliphatic rings. The van der Waals surface area contributed by atoms with Crippen LogP contribution in [0.4, 0.5) is 5.69 Å². The third kappa shape index (κ3) is 3.63. The van der Waals surface area contributed by atoms with Crippen LogP contribution in [0.25, 0.3) is 0 Å². The number of rotatable bonds is 4. The normalized spacial score (nSPS) is 24.4. The zero-order valence-corrected chi connectivity index (χ0v) is 15.2. The number of carbonyl (C=O) groups is 3. The number of hydrogen-bond acceptors (Lipinski definition) is 5. The molecule has 1 aromatic carbocycles. The lowest BCUT2D eigenvalue weighted by molar-refractivity contribution is -0.140. The van der Waals surface area contributed by atoms with Crippen LogP contribution in [0.2, 0.25) is 0 Å². The van der Waals surface area contributed by atoms with Crippen LogP contribution >= 0.6 is 0 Å². The maximum Gasteiger partial charge on any atom is 0.233 e. The first kappa shape index (κ1) is 17.8. The number of benzene rings is 1. The Bertz CT molecular complexity index is 739. The van der Waals surface area contributed by atoms with E-state index in [0.717, 1.165) is 32.1 Å². The lowest BCUT2D eigenvalue weighted by Crippen LogP contribution is -2.34. The van der Waals surface area contributed by atoms with E-state index in [9.17, 15) is 14.4 Å². The topological polar surface area (TPSA) is 84.9 Å². The van der Waals surface area contributed by atoms with Gasteiger partial charge < -0.3 is 14.8 Å². The van der Waals surface area contributed by atoms with Crippen LogP contribution in [-0.2, 0) is 14.4 Å². The molecule has 1 saturated heterocycles. The van der Waals surface area contributed by atoms with Gasteiger partial charge in [-0.15, -0.1) is 0 Å². The van der Waals surface area contributed by atoms with Crippen molar-refractivity contribution in [2.75, 3.05) is 25.1 Å². The number of ether oxygens (including phenoxy) is 2. The van der Waals surface area contributed by atoms with Crippen molar-refractivity contribution in [3.63, 3.8) is 0 Å². The van der Waals surface area contributed by atoms with Gasteiger partial charge in [0.25, 0.3) is 0 Å². The Hall–Kier alpha value is -2.57. The second-order valence-corrected chi connectivity index (χ2v) is 7.34. The van der Waals surface area contributed by atoms with E-state index >= 15 is 0 Å². The minimum atomic E-state index is -0.236. The molecule has 2 aliphatic heterocycles. The molecule has 1 aliphatic carbocycles. The fraction of sp³-hybridized carbons (Fsp3) is 0.550. The molecule has 144 valence electrons. The van der Waals surface area contributed by atoms with E-state index in [4.69, 9.17) is 9.47 Å². The average molecular weight is 372 g/mol. The summed E-state index contributed by atoms with van der Waals surface area (Å²) in [4.78, 5) is 38.5. The lowest BCUT2D eigenvalue weighted by Gasteiger charge is -2.19. The van der Waals surface area contributed by atoms with Crippen molar-refractivity contribution in [2.24, 2.45) is 11.8 Å². The van der Waals surface area contributed by atoms with E-state index in [1.54, 1.807) is 18.2 Å². The largest absolute Gasteiger partial charge is 0.490 e. The summed E-state index contributed by atoms with van der Waals surface area (Å²) < 4.78 is 11.2. The highest BCUT2D eigenvalue weighted by Gasteiger charge is 2.47. The first-order chi connectivity index (χ1) is 13.1. The third-order valence-electron chi connectivity index (χ3n) is 5.53. The van der Waals surface area contributed by atoms with Gasteiger partial charge in [-0.2, -0.15) is 0 Å². The first-order valence-corrected chi connectivity index (χ1v) is 9.68. The van der Waals surface area contributed by atoms with Gasteiger partial charge in [0, 0.05) is 31.1 Å². The van der Waals surface area contributed by atoms with Crippen molar-refractivity contribution >= 4 is 23.4 Å². The molecule has 7 nitrogen and oxygen atoms in total. The van der Waals surface area contributed by atoms with Crippen molar-refractivity contribution in [1.29, 1.82) is 0 Å². The highest BCUT2D eigenvalue weighted by Crippen LogP contribution is 2.38. The Labute approximate surface area is 158 Å². The van der Waals surface area contributed by atoms with Gasteiger partial charge in [-0.1, -0.05) is 12.8 Å². The molecule has 0 spiro atoms. The van der Waals surface area contributed by atoms with E-state index in [0.29, 0.717) is 30.4 Å². The van der Waals surface area contributed by atoms with Crippen molar-refractivity contribution in [1.82, 2.24) is 4.90 Å². The molecule has 2 atom stereocenters. The van der Waals surface area contributed by atoms with E-state index < -0.39 is 0 Å². The van der Waals surface area contributed by atoms with E-state index in [2.05, 4.69) is 5.32 Å². The van der Waals surface area contributed by atoms with Gasteiger partial charge in [-0.05, 0) is 25.0 Å². The number of carbonyl (C=O) groups excluding carboxylic acids is 3. The van der Waals surface area contributed by atoms with Gasteiger partial charge in [0.05, 0.1) is 25.0 Å². The van der Waals surface area contributed by atoms with Crippen molar-refractivity contribution < 1.29 is 23.9 Å². The molecule has 27 heavy (non-hydrogen) atoms. The number of fused-ring (bicyclic) bond motifs is 2. The number of imide groups is 1. The van der Waals surface area contributed by atoms with Crippen LogP contribution < -0.4 is 14.8 Å². The number of nitrogens with zero attached hydrogens (tertiary/aromatic N) is 1. The van der Waals surface area contributed by atoms with Crippen LogP contribution in [0.3, 0.4) is 0 Å². The van der Waals surface area contributed by atoms with Crippen LogP contribution in [0.15, 0.2) is 18.2 Å². The Morgan fingerprint density at radius 1 is 1.00 bits per heavy atom. The number of likely N-dealkylation sites (tertiary alicyclic amines) is 1. The summed E-state index contributed by atoms with van der Waals surface area (Å²) in [5, 5.41) is 2.81. The number of hydrogen-bond donors (Lipinski definition) is 1. The summed E-state index contributed by atoms with van der Waals surface area (Å²) >= 11 is 0. The molecule has 0 unspecified atom stereocenters. The van der Waals surface area contributed by atoms with Crippen molar-refractivity contribution in [2.45, 2.75) is 38.5 Å². The Balaban J connectivity index is 1.34. The maximum atomic E-state index is 12.5. The molecule has 7 heteroatoms. The fourth-order valence-corrected chi connectivity index (χ4v) is 4.13. The predicted octanol–water partition coefficient (Wildman–Crippen LogP) is 2.35. The molecule has 2 heterocycles. The van der Waals surface area contributed by atoms with Gasteiger partial charge in [-0.25, -0.2) is 0 Å². The number of amides is 3. The predicted molar refractivity (Wildman–Crippen MR) is 97.5 cm³/mol. The average Bonchev–Trinajstić information content (AvgIpc) is 2.82. The van der Waals surface area contributed by atoms with Crippen molar-refractivity contribution in [3.8, 4) is 11.5 Å². The summed E-state index contributed by atoms with van der Waals surface area (Å²) in [6, 6.07) is 5.26. The zero-order valence-electron chi connectivity index (χ0n) is 15.2. The minimum Gasteiger partial charge on any atom is -0.490 e. The number of anilines is 1. The summed E-state index contributed by atoms with van der Waals surface area (Å²) in [6.07, 6.45) is 4.48. The second-order valence-electron chi connectivity index (χ2n) is 7.34. The third-order valence-corrected chi connectivity index (χ3v) is 5.53. The summed E-state index contributed by atoms with van der Waals surface area (Å²) in [6.45, 7) is 1.32. The molecule has 3 amide bonds. The molecule has 1 saturated carbocycles. The van der Waals surface area contributed by atoms with Crippen LogP contribution in [0.1, 0.15) is 38.5 Å². The van der Waals surface area contributed by atoms with E-state index in [-0.39, 0.29) is 42.5 Å². The maximum absolute atomic E-state index is 12.5. The van der Waals surface area contributed by atoms with Crippen LogP contribution in [-0.4, -0.2) is 42.4 Å². The molecule has 0 radical (unpaired) electrons. The van der Waals surface area contributed by atoms with Gasteiger partial charge in [0.15, 0.2) is 11.5 Å². The minimum absolute atomic E-state index is 0.0887. The summed E-state index contributed by atoms with van der Waals surface area (Å²) in [7, 11) is 0. The smallest absolute Gasteiger partial charge is 0.233 e. The molecule has 4 rings (SSSR count). The Kier molecular flexibility index (Phi) is 5.01. The summed E-state index contributed by atoms with van der Waals surface area (Å²) in [5.74, 6) is 0.494. The van der Waals surface area contributed by atoms with Gasteiger partial charge in [0.1, 0.15) is 0 Å². The molecule has 0 bridgehead atoms. The fourth-order valence-electron chi connectivity index (χ4n) is 4.13. The highest BCUT2D eigenvalue weighted by molar-refractivity contribution is 6.05. The molecular formula is C20H24N2O5. The van der Waals surface area contributed by atoms with Crippen LogP contribution in [0.5, 0.6) is 11.5 Å². The second kappa shape index (κ2) is 7.58. The Morgan fingerprint density at radius 3 is 2.37 bits per heavy atom. The number of nitrogens with one attached hydrogen (secondary N) is 1. The molecule has 1 aromatic rings. The van der Waals surface area contributed by atoms with Gasteiger partial charge in [0.2, 0.25) is 17.7 Å². The molecule has 1 N–H and O–H groups in total. The molecular weight excluding hydrogens is 348 g/mol. The van der Waals surface area contributed by atoms with E-state index in [1.165, 1.54) is 4.90 Å². The monoisotopic (exact) mass is 372 g/mol. The Morgan fingerprint density at radius 2 is 1.67 bits per heavy atom. The SMILES string of the molecule is O=C(CCN1C(=O)[C@@H]2CCCC[C@H]2C1=O)Nc1ccc2c(c1)OCCCO2.